The number of fused-ring (bicyclic) bond motifs is 1. The van der Waals surface area contributed by atoms with Gasteiger partial charge in [0.05, 0.1) is 6.20 Å². The summed E-state index contributed by atoms with van der Waals surface area (Å²) in [5.74, 6) is 0. The van der Waals surface area contributed by atoms with E-state index in [-0.39, 0.29) is 17.0 Å². The number of aromatic nitrogens is 4. The molecule has 0 radical (unpaired) electrons. The molecule has 2 aromatic heterocycles. The first-order chi connectivity index (χ1) is 8.67. The molecule has 0 bridgehead atoms. The van der Waals surface area contributed by atoms with Gasteiger partial charge in [0, 0.05) is 6.04 Å². The van der Waals surface area contributed by atoms with Crippen LogP contribution in [-0.4, -0.2) is 19.5 Å². The molecule has 2 aromatic rings. The van der Waals surface area contributed by atoms with Crippen molar-refractivity contribution in [2.75, 3.05) is 0 Å². The van der Waals surface area contributed by atoms with Crippen molar-refractivity contribution in [1.29, 1.82) is 0 Å². The smallest absolute Gasteiger partial charge is 0.303 e. The summed E-state index contributed by atoms with van der Waals surface area (Å²) in [6.07, 6.45) is 5.63. The Bertz CT molecular complexity index is 589. The molecule has 2 rings (SSSR count). The predicted molar refractivity (Wildman–Crippen MR) is 72.0 cm³/mol. The van der Waals surface area contributed by atoms with Gasteiger partial charge in [-0.2, -0.15) is 4.98 Å². The highest BCUT2D eigenvalue weighted by molar-refractivity contribution is 6.28. The van der Waals surface area contributed by atoms with Crippen molar-refractivity contribution in [2.45, 2.75) is 45.6 Å². The van der Waals surface area contributed by atoms with E-state index in [2.05, 4.69) is 28.8 Å². The van der Waals surface area contributed by atoms with Crippen LogP contribution in [0.25, 0.3) is 11.2 Å². The van der Waals surface area contributed by atoms with E-state index in [1.165, 1.54) is 0 Å². The number of imidazole rings is 1. The highest BCUT2D eigenvalue weighted by atomic mass is 35.5. The Labute approximate surface area is 110 Å². The number of nitrogens with one attached hydrogen (secondary N) is 1. The predicted octanol–water partition coefficient (Wildman–Crippen LogP) is 2.91. The van der Waals surface area contributed by atoms with Gasteiger partial charge in [-0.25, -0.2) is 9.78 Å². The number of H-pyrrole nitrogens is 1. The Hall–Kier alpha value is -1.36. The average molecular weight is 269 g/mol. The quantitative estimate of drug-likeness (QED) is 0.848. The molecule has 0 unspecified atom stereocenters. The van der Waals surface area contributed by atoms with E-state index in [1.54, 1.807) is 10.8 Å². The van der Waals surface area contributed by atoms with Crippen LogP contribution in [0.15, 0.2) is 11.0 Å². The van der Waals surface area contributed by atoms with Gasteiger partial charge in [0.2, 0.25) is 5.28 Å². The summed E-state index contributed by atoms with van der Waals surface area (Å²) in [5, 5.41) is 0.167. The summed E-state index contributed by atoms with van der Waals surface area (Å²) in [4.78, 5) is 22.8. The number of hydrogen-bond donors (Lipinski definition) is 1. The fourth-order valence-electron chi connectivity index (χ4n) is 2.19. The molecule has 98 valence electrons. The molecule has 0 spiro atoms. The van der Waals surface area contributed by atoms with Crippen molar-refractivity contribution < 1.29 is 0 Å². The maximum atomic E-state index is 12.0. The molecule has 5 nitrogen and oxygen atoms in total. The van der Waals surface area contributed by atoms with Gasteiger partial charge in [0.15, 0.2) is 5.65 Å². The minimum Gasteiger partial charge on any atom is -0.303 e. The number of aromatic amines is 1. The molecule has 0 saturated carbocycles. The second kappa shape index (κ2) is 5.52. The fourth-order valence-corrected chi connectivity index (χ4v) is 2.32. The third-order valence-corrected chi connectivity index (χ3v) is 3.34. The summed E-state index contributed by atoms with van der Waals surface area (Å²) in [6.45, 7) is 4.22. The highest BCUT2D eigenvalue weighted by Gasteiger charge is 2.16. The second-order valence-electron chi connectivity index (χ2n) is 4.38. The number of halogens is 1. The van der Waals surface area contributed by atoms with Crippen LogP contribution in [0, 0.1) is 0 Å². The van der Waals surface area contributed by atoms with Crippen LogP contribution in [0.5, 0.6) is 0 Å². The number of hydrogen-bond acceptors (Lipinski definition) is 3. The summed E-state index contributed by atoms with van der Waals surface area (Å²) < 4.78 is 1.71. The van der Waals surface area contributed by atoms with E-state index in [4.69, 9.17) is 11.6 Å². The normalized spacial score (nSPS) is 13.1. The molecule has 0 fully saturated rings. The monoisotopic (exact) mass is 268 g/mol. The van der Waals surface area contributed by atoms with Crippen LogP contribution < -0.4 is 5.69 Å². The van der Waals surface area contributed by atoms with E-state index < -0.39 is 0 Å². The van der Waals surface area contributed by atoms with Crippen molar-refractivity contribution in [3.63, 3.8) is 0 Å². The van der Waals surface area contributed by atoms with Crippen molar-refractivity contribution in [3.8, 4) is 0 Å². The van der Waals surface area contributed by atoms with Crippen molar-refractivity contribution in [2.24, 2.45) is 0 Å². The topological polar surface area (TPSA) is 63.6 Å². The Morgan fingerprint density at radius 3 is 2.94 bits per heavy atom. The molecule has 0 aliphatic carbocycles. The van der Waals surface area contributed by atoms with Gasteiger partial charge in [0.1, 0.15) is 5.52 Å². The number of unbranched alkanes of at least 4 members (excludes halogenated alkanes) is 1. The van der Waals surface area contributed by atoms with Gasteiger partial charge in [-0.15, -0.1) is 0 Å². The van der Waals surface area contributed by atoms with Crippen LogP contribution in [-0.2, 0) is 0 Å². The molecule has 2 heterocycles. The maximum absolute atomic E-state index is 12.0. The summed E-state index contributed by atoms with van der Waals surface area (Å²) in [5.41, 5.74) is 1.10. The average Bonchev–Trinajstić information content (AvgIpc) is 2.67. The van der Waals surface area contributed by atoms with E-state index in [0.717, 1.165) is 25.7 Å². The van der Waals surface area contributed by atoms with E-state index in [1.807, 2.05) is 0 Å². The lowest BCUT2D eigenvalue weighted by Gasteiger charge is -2.15. The first-order valence-electron chi connectivity index (χ1n) is 6.30. The molecule has 6 heteroatoms. The Morgan fingerprint density at radius 2 is 2.28 bits per heavy atom. The molecule has 0 aliphatic heterocycles. The summed E-state index contributed by atoms with van der Waals surface area (Å²) >= 11 is 5.80. The lowest BCUT2D eigenvalue weighted by molar-refractivity contribution is 0.434. The molecule has 0 amide bonds. The molecule has 18 heavy (non-hydrogen) atoms. The van der Waals surface area contributed by atoms with Gasteiger partial charge >= 0.3 is 5.69 Å². The Morgan fingerprint density at radius 1 is 1.50 bits per heavy atom. The van der Waals surface area contributed by atoms with Crippen LogP contribution in [0.4, 0.5) is 0 Å². The molecule has 0 aromatic carbocycles. The zero-order valence-electron chi connectivity index (χ0n) is 10.6. The molecule has 0 saturated heterocycles. The van der Waals surface area contributed by atoms with Gasteiger partial charge in [-0.1, -0.05) is 26.7 Å². The van der Waals surface area contributed by atoms with E-state index in [0.29, 0.717) is 11.2 Å². The standard InChI is InChI=1S/C12H17ClN4O/c1-3-5-6-8(4-2)17-10-9(15-12(17)18)7-14-11(13)16-10/h7-8H,3-6H2,1-2H3,(H,15,18)/t8-/m0/s1. The third-order valence-electron chi connectivity index (χ3n) is 3.16. The Balaban J connectivity index is 2.50. The van der Waals surface area contributed by atoms with Gasteiger partial charge in [-0.05, 0) is 24.4 Å². The maximum Gasteiger partial charge on any atom is 0.327 e. The molecular formula is C12H17ClN4O. The minimum absolute atomic E-state index is 0.135. The SMILES string of the molecule is CCCC[C@H](CC)n1c(=O)[nH]c2cnc(Cl)nc21. The fraction of sp³-hybridized carbons (Fsp3) is 0.583. The van der Waals surface area contributed by atoms with Gasteiger partial charge < -0.3 is 4.98 Å². The van der Waals surface area contributed by atoms with E-state index >= 15 is 0 Å². The molecular weight excluding hydrogens is 252 g/mol. The zero-order valence-corrected chi connectivity index (χ0v) is 11.4. The number of nitrogens with zero attached hydrogens (tertiary/aromatic N) is 3. The summed E-state index contributed by atoms with van der Waals surface area (Å²) in [7, 11) is 0. The summed E-state index contributed by atoms with van der Waals surface area (Å²) in [6, 6.07) is 0.164. The Kier molecular flexibility index (Phi) is 4.01. The number of rotatable bonds is 5. The van der Waals surface area contributed by atoms with Crippen LogP contribution in [0.2, 0.25) is 5.28 Å². The molecule has 1 atom stereocenters. The van der Waals surface area contributed by atoms with Crippen LogP contribution >= 0.6 is 11.6 Å². The lowest BCUT2D eigenvalue weighted by atomic mass is 10.1. The second-order valence-corrected chi connectivity index (χ2v) is 4.72. The van der Waals surface area contributed by atoms with E-state index in [9.17, 15) is 4.79 Å². The third kappa shape index (κ3) is 2.41. The largest absolute Gasteiger partial charge is 0.327 e. The first-order valence-corrected chi connectivity index (χ1v) is 6.67. The van der Waals surface area contributed by atoms with Crippen LogP contribution in [0.1, 0.15) is 45.6 Å². The molecule has 1 N–H and O–H groups in total. The zero-order chi connectivity index (χ0) is 13.1. The highest BCUT2D eigenvalue weighted by Crippen LogP contribution is 2.21. The van der Waals surface area contributed by atoms with Gasteiger partial charge in [0.25, 0.3) is 0 Å². The first kappa shape index (κ1) is 13.1. The van der Waals surface area contributed by atoms with Crippen LogP contribution in [0.3, 0.4) is 0 Å². The van der Waals surface area contributed by atoms with Crippen molar-refractivity contribution >= 4 is 22.8 Å². The van der Waals surface area contributed by atoms with Crippen molar-refractivity contribution in [1.82, 2.24) is 19.5 Å². The molecule has 0 aliphatic rings. The minimum atomic E-state index is -0.135. The lowest BCUT2D eigenvalue weighted by Crippen LogP contribution is -2.22. The van der Waals surface area contributed by atoms with Crippen molar-refractivity contribution in [3.05, 3.63) is 22.0 Å². The van der Waals surface area contributed by atoms with Gasteiger partial charge in [-0.3, -0.25) is 4.57 Å².